The predicted molar refractivity (Wildman–Crippen MR) is 84.7 cm³/mol. The van der Waals surface area contributed by atoms with Crippen LogP contribution < -0.4 is 10.2 Å². The van der Waals surface area contributed by atoms with Gasteiger partial charge in [0.1, 0.15) is 0 Å². The fraction of sp³-hybridized carbons (Fsp3) is 0.538. The highest BCUT2D eigenvalue weighted by Gasteiger charge is 2.19. The van der Waals surface area contributed by atoms with E-state index in [0.717, 1.165) is 25.3 Å². The van der Waals surface area contributed by atoms with Gasteiger partial charge in [-0.3, -0.25) is 10.1 Å². The van der Waals surface area contributed by atoms with E-state index in [2.05, 4.69) is 17.1 Å². The number of nitro groups is 1. The SMILES string of the molecule is CCN(CC1CCCN1)c1ccc([N+](=O)[O-])c(I)c1. The van der Waals surface area contributed by atoms with E-state index in [1.807, 2.05) is 34.7 Å². The number of hydrogen-bond acceptors (Lipinski definition) is 4. The average molecular weight is 375 g/mol. The highest BCUT2D eigenvalue weighted by molar-refractivity contribution is 14.1. The second-order valence-electron chi connectivity index (χ2n) is 4.72. The van der Waals surface area contributed by atoms with Crippen molar-refractivity contribution in [3.8, 4) is 0 Å². The number of nitrogens with one attached hydrogen (secondary N) is 1. The van der Waals surface area contributed by atoms with Gasteiger partial charge in [0, 0.05) is 30.9 Å². The number of anilines is 1. The van der Waals surface area contributed by atoms with Crippen molar-refractivity contribution in [3.63, 3.8) is 0 Å². The predicted octanol–water partition coefficient (Wildman–Crippen LogP) is 2.78. The summed E-state index contributed by atoms with van der Waals surface area (Å²) in [5, 5.41) is 14.3. The summed E-state index contributed by atoms with van der Waals surface area (Å²) in [6.07, 6.45) is 2.45. The van der Waals surface area contributed by atoms with Crippen molar-refractivity contribution >= 4 is 34.0 Å². The van der Waals surface area contributed by atoms with Gasteiger partial charge in [0.05, 0.1) is 8.49 Å². The number of rotatable bonds is 5. The van der Waals surface area contributed by atoms with Crippen LogP contribution in [0.4, 0.5) is 11.4 Å². The Kier molecular flexibility index (Phi) is 4.98. The molecule has 2 rings (SSSR count). The van der Waals surface area contributed by atoms with Gasteiger partial charge < -0.3 is 10.2 Å². The first-order valence-corrected chi connectivity index (χ1v) is 7.62. The lowest BCUT2D eigenvalue weighted by molar-refractivity contribution is -0.385. The maximum absolute atomic E-state index is 10.8. The second kappa shape index (κ2) is 6.51. The Morgan fingerprint density at radius 1 is 1.58 bits per heavy atom. The molecule has 0 aliphatic carbocycles. The first-order valence-electron chi connectivity index (χ1n) is 6.54. The molecule has 19 heavy (non-hydrogen) atoms. The normalized spacial score (nSPS) is 18.5. The second-order valence-corrected chi connectivity index (χ2v) is 5.89. The Hall–Kier alpha value is -0.890. The summed E-state index contributed by atoms with van der Waals surface area (Å²) in [5.41, 5.74) is 1.24. The van der Waals surface area contributed by atoms with Crippen LogP contribution in [0.2, 0.25) is 0 Å². The first kappa shape index (κ1) is 14.5. The van der Waals surface area contributed by atoms with Gasteiger partial charge >= 0.3 is 0 Å². The van der Waals surface area contributed by atoms with Crippen molar-refractivity contribution in [2.24, 2.45) is 0 Å². The van der Waals surface area contributed by atoms with Crippen molar-refractivity contribution in [2.75, 3.05) is 24.5 Å². The van der Waals surface area contributed by atoms with E-state index in [0.29, 0.717) is 9.61 Å². The van der Waals surface area contributed by atoms with E-state index in [1.165, 1.54) is 12.8 Å². The number of likely N-dealkylation sites (N-methyl/N-ethyl adjacent to an activating group) is 1. The third-order valence-corrected chi connectivity index (χ3v) is 4.34. The van der Waals surface area contributed by atoms with Gasteiger partial charge in [0.2, 0.25) is 0 Å². The number of hydrogen-bond donors (Lipinski definition) is 1. The van der Waals surface area contributed by atoms with Crippen LogP contribution in [0.3, 0.4) is 0 Å². The van der Waals surface area contributed by atoms with Gasteiger partial charge in [-0.15, -0.1) is 0 Å². The molecule has 1 aromatic rings. The number of benzene rings is 1. The van der Waals surface area contributed by atoms with Gasteiger partial charge in [-0.25, -0.2) is 0 Å². The maximum atomic E-state index is 10.8. The van der Waals surface area contributed by atoms with Gasteiger partial charge in [-0.1, -0.05) is 0 Å². The molecule has 1 heterocycles. The van der Waals surface area contributed by atoms with Crippen LogP contribution in [0.1, 0.15) is 19.8 Å². The van der Waals surface area contributed by atoms with Gasteiger partial charge in [-0.2, -0.15) is 0 Å². The van der Waals surface area contributed by atoms with Crippen LogP contribution in [0.5, 0.6) is 0 Å². The van der Waals surface area contributed by atoms with Crippen molar-refractivity contribution in [3.05, 3.63) is 31.9 Å². The molecule has 1 N–H and O–H groups in total. The van der Waals surface area contributed by atoms with Crippen LogP contribution >= 0.6 is 22.6 Å². The molecule has 0 saturated carbocycles. The zero-order valence-electron chi connectivity index (χ0n) is 10.9. The molecular weight excluding hydrogens is 357 g/mol. The standard InChI is InChI=1S/C13H18IN3O2/c1-2-16(9-10-4-3-7-15-10)11-5-6-13(17(18)19)12(14)8-11/h5-6,8,10,15H,2-4,7,9H2,1H3. The molecule has 1 aromatic carbocycles. The molecule has 0 spiro atoms. The van der Waals surface area contributed by atoms with E-state index in [4.69, 9.17) is 0 Å². The lowest BCUT2D eigenvalue weighted by Crippen LogP contribution is -2.37. The van der Waals surface area contributed by atoms with Crippen LogP contribution in [-0.2, 0) is 0 Å². The number of halogens is 1. The minimum Gasteiger partial charge on any atom is -0.370 e. The molecule has 1 aliphatic rings. The highest BCUT2D eigenvalue weighted by Crippen LogP contribution is 2.26. The van der Waals surface area contributed by atoms with Crippen LogP contribution in [-0.4, -0.2) is 30.6 Å². The van der Waals surface area contributed by atoms with Gasteiger partial charge in [-0.05, 0) is 61.0 Å². The van der Waals surface area contributed by atoms with Gasteiger partial charge in [0.25, 0.3) is 5.69 Å². The fourth-order valence-corrected chi connectivity index (χ4v) is 3.13. The molecule has 1 fully saturated rings. The quantitative estimate of drug-likeness (QED) is 0.489. The van der Waals surface area contributed by atoms with Crippen molar-refractivity contribution in [2.45, 2.75) is 25.8 Å². The minimum atomic E-state index is -0.333. The molecule has 0 bridgehead atoms. The molecule has 1 aliphatic heterocycles. The Balaban J connectivity index is 2.13. The summed E-state index contributed by atoms with van der Waals surface area (Å²) < 4.78 is 0.693. The van der Waals surface area contributed by atoms with E-state index in [9.17, 15) is 10.1 Å². The van der Waals surface area contributed by atoms with E-state index in [-0.39, 0.29) is 10.6 Å². The topological polar surface area (TPSA) is 58.4 Å². The number of nitro benzene ring substituents is 1. The molecule has 1 atom stereocenters. The van der Waals surface area contributed by atoms with Gasteiger partial charge in [0.15, 0.2) is 0 Å². The minimum absolute atomic E-state index is 0.180. The zero-order chi connectivity index (χ0) is 13.8. The molecular formula is C13H18IN3O2. The smallest absolute Gasteiger partial charge is 0.282 e. The lowest BCUT2D eigenvalue weighted by Gasteiger charge is -2.26. The molecule has 0 amide bonds. The summed E-state index contributed by atoms with van der Waals surface area (Å²) in [4.78, 5) is 12.8. The molecule has 1 saturated heterocycles. The summed E-state index contributed by atoms with van der Waals surface area (Å²) in [7, 11) is 0. The molecule has 0 radical (unpaired) electrons. The summed E-state index contributed by atoms with van der Waals surface area (Å²) in [6.45, 7) is 5.08. The summed E-state index contributed by atoms with van der Waals surface area (Å²) >= 11 is 2.03. The first-order chi connectivity index (χ1) is 9.11. The molecule has 104 valence electrons. The highest BCUT2D eigenvalue weighted by atomic mass is 127. The van der Waals surface area contributed by atoms with Crippen molar-refractivity contribution < 1.29 is 4.92 Å². The van der Waals surface area contributed by atoms with E-state index in [1.54, 1.807) is 6.07 Å². The molecule has 0 aromatic heterocycles. The fourth-order valence-electron chi connectivity index (χ4n) is 2.44. The van der Waals surface area contributed by atoms with Crippen molar-refractivity contribution in [1.82, 2.24) is 5.32 Å². The molecule has 1 unspecified atom stereocenters. The Bertz CT molecular complexity index is 461. The van der Waals surface area contributed by atoms with Crippen LogP contribution in [0.15, 0.2) is 18.2 Å². The zero-order valence-corrected chi connectivity index (χ0v) is 13.1. The largest absolute Gasteiger partial charge is 0.370 e. The third-order valence-electron chi connectivity index (χ3n) is 3.48. The Labute approximate surface area is 126 Å². The van der Waals surface area contributed by atoms with E-state index >= 15 is 0 Å². The van der Waals surface area contributed by atoms with E-state index < -0.39 is 0 Å². The monoisotopic (exact) mass is 375 g/mol. The average Bonchev–Trinajstić information content (AvgIpc) is 2.88. The third kappa shape index (κ3) is 3.56. The van der Waals surface area contributed by atoms with Crippen molar-refractivity contribution in [1.29, 1.82) is 0 Å². The molecule has 6 heteroatoms. The summed E-state index contributed by atoms with van der Waals surface area (Å²) in [6, 6.07) is 5.88. The van der Waals surface area contributed by atoms with Crippen LogP contribution in [0, 0.1) is 13.7 Å². The molecule has 5 nitrogen and oxygen atoms in total. The Morgan fingerprint density at radius 2 is 2.37 bits per heavy atom. The van der Waals surface area contributed by atoms with Crippen LogP contribution in [0.25, 0.3) is 0 Å². The Morgan fingerprint density at radius 3 is 2.89 bits per heavy atom. The number of nitrogens with zero attached hydrogens (tertiary/aromatic N) is 2. The maximum Gasteiger partial charge on any atom is 0.282 e. The summed E-state index contributed by atoms with van der Waals surface area (Å²) in [5.74, 6) is 0. The lowest BCUT2D eigenvalue weighted by atomic mass is 10.2.